The first-order valence-electron chi connectivity index (χ1n) is 13.0. The summed E-state index contributed by atoms with van der Waals surface area (Å²) in [6, 6.07) is 0. The largest absolute Gasteiger partial charge is 0.478 e. The molecule has 0 bridgehead atoms. The second-order valence-corrected chi connectivity index (χ2v) is 10.3. The minimum absolute atomic E-state index is 0.172. The molecule has 1 saturated carbocycles. The average molecular weight is 603 g/mol. The van der Waals surface area contributed by atoms with Gasteiger partial charge in [0.2, 0.25) is 12.6 Å². The number of carbonyl (C=O) groups excluding carboxylic acids is 5. The Labute approximate surface area is 240 Å². The van der Waals surface area contributed by atoms with Crippen molar-refractivity contribution in [3.8, 4) is 0 Å². The van der Waals surface area contributed by atoms with Gasteiger partial charge < -0.3 is 48.1 Å². The molecule has 42 heavy (non-hydrogen) atoms. The monoisotopic (exact) mass is 602 g/mol. The second-order valence-electron chi connectivity index (χ2n) is 10.3. The molecule has 2 fully saturated rings. The van der Waals surface area contributed by atoms with Crippen LogP contribution in [0.2, 0.25) is 0 Å². The van der Waals surface area contributed by atoms with E-state index in [-0.39, 0.29) is 12.0 Å². The Balaban J connectivity index is 2.05. The number of hydrogen-bond donors (Lipinski definition) is 2. The number of esters is 5. The highest BCUT2D eigenvalue weighted by atomic mass is 16.8. The van der Waals surface area contributed by atoms with Crippen LogP contribution in [0.3, 0.4) is 0 Å². The van der Waals surface area contributed by atoms with E-state index in [1.165, 1.54) is 6.92 Å². The van der Waals surface area contributed by atoms with Crippen LogP contribution in [-0.4, -0.2) is 101 Å². The molecule has 3 rings (SSSR count). The third-order valence-corrected chi connectivity index (χ3v) is 6.88. The Bertz CT molecular complexity index is 1130. The van der Waals surface area contributed by atoms with E-state index in [4.69, 9.17) is 37.9 Å². The molecule has 10 unspecified atom stereocenters. The maximum atomic E-state index is 12.1. The lowest BCUT2D eigenvalue weighted by Crippen LogP contribution is -2.64. The Morgan fingerprint density at radius 1 is 0.833 bits per heavy atom. The number of carboxylic acids is 1. The smallest absolute Gasteiger partial charge is 0.335 e. The van der Waals surface area contributed by atoms with Crippen molar-refractivity contribution < 1.29 is 76.9 Å². The Hall–Kier alpha value is -3.76. The predicted octanol–water partition coefficient (Wildman–Crippen LogP) is -0.270. The number of rotatable bonds is 9. The number of aliphatic hydroxyl groups is 1. The second kappa shape index (κ2) is 13.0. The van der Waals surface area contributed by atoms with E-state index >= 15 is 0 Å². The standard InChI is InChI=1S/C26H34O16/c1-10(27)35-9-17-20(38-12(3)29)21(39-13(4)30)22(40-14(5)31)25(41-17)42-24-19-18(15(8-36-24)23(32)33)16(37-11(2)28)7-26(19,6)34/h8,16-22,24-25,34H,7,9H2,1-6H3,(H,32,33). The van der Waals surface area contributed by atoms with Crippen molar-refractivity contribution in [2.24, 2.45) is 11.8 Å². The molecule has 16 heteroatoms. The molecule has 0 spiro atoms. The minimum Gasteiger partial charge on any atom is -0.478 e. The first-order valence-corrected chi connectivity index (χ1v) is 13.0. The van der Waals surface area contributed by atoms with Gasteiger partial charge in [-0.3, -0.25) is 24.0 Å². The summed E-state index contributed by atoms with van der Waals surface area (Å²) in [7, 11) is 0. The van der Waals surface area contributed by atoms with Gasteiger partial charge in [0.25, 0.3) is 0 Å². The summed E-state index contributed by atoms with van der Waals surface area (Å²) in [5, 5.41) is 21.1. The zero-order chi connectivity index (χ0) is 31.5. The van der Waals surface area contributed by atoms with Gasteiger partial charge in [0.05, 0.1) is 23.4 Å². The fraction of sp³-hybridized carbons (Fsp3) is 0.692. The van der Waals surface area contributed by atoms with Gasteiger partial charge in [-0.15, -0.1) is 0 Å². The van der Waals surface area contributed by atoms with E-state index < -0.39 is 103 Å². The van der Waals surface area contributed by atoms with Gasteiger partial charge in [0, 0.05) is 47.0 Å². The summed E-state index contributed by atoms with van der Waals surface area (Å²) >= 11 is 0. The molecule has 0 radical (unpaired) electrons. The zero-order valence-corrected chi connectivity index (χ0v) is 23.8. The highest BCUT2D eigenvalue weighted by Gasteiger charge is 2.62. The van der Waals surface area contributed by atoms with Gasteiger partial charge in [0.1, 0.15) is 18.8 Å². The van der Waals surface area contributed by atoms with E-state index in [2.05, 4.69) is 0 Å². The average Bonchev–Trinajstić information content (AvgIpc) is 3.10. The molecular formula is C26H34O16. The van der Waals surface area contributed by atoms with E-state index in [1.807, 2.05) is 0 Å². The molecule has 1 aliphatic carbocycles. The fourth-order valence-corrected chi connectivity index (χ4v) is 5.52. The number of ether oxygens (including phenoxy) is 8. The molecule has 0 amide bonds. The summed E-state index contributed by atoms with van der Waals surface area (Å²) in [6.07, 6.45) is -9.38. The first kappa shape index (κ1) is 32.8. The number of fused-ring (bicyclic) bond motifs is 1. The van der Waals surface area contributed by atoms with E-state index in [0.717, 1.165) is 40.9 Å². The molecule has 2 aliphatic heterocycles. The maximum absolute atomic E-state index is 12.1. The van der Waals surface area contributed by atoms with E-state index in [0.29, 0.717) is 0 Å². The number of hydrogen-bond acceptors (Lipinski definition) is 15. The lowest BCUT2D eigenvalue weighted by Gasteiger charge is -2.46. The molecule has 16 nitrogen and oxygen atoms in total. The number of carboxylic acid groups (broad SMARTS) is 1. The summed E-state index contributed by atoms with van der Waals surface area (Å²) in [4.78, 5) is 71.5. The lowest BCUT2D eigenvalue weighted by atomic mass is 9.80. The quantitative estimate of drug-likeness (QED) is 0.256. The van der Waals surface area contributed by atoms with E-state index in [1.54, 1.807) is 0 Å². The topological polar surface area (TPSA) is 217 Å². The third-order valence-electron chi connectivity index (χ3n) is 6.88. The van der Waals surface area contributed by atoms with Crippen molar-refractivity contribution in [2.45, 2.75) is 96.7 Å². The van der Waals surface area contributed by atoms with E-state index in [9.17, 15) is 39.0 Å². The molecule has 10 atom stereocenters. The maximum Gasteiger partial charge on any atom is 0.335 e. The van der Waals surface area contributed by atoms with Crippen molar-refractivity contribution in [3.63, 3.8) is 0 Å². The summed E-state index contributed by atoms with van der Waals surface area (Å²) in [5.74, 6) is -7.60. The normalized spacial score (nSPS) is 35.4. The molecule has 0 aromatic heterocycles. The van der Waals surface area contributed by atoms with Gasteiger partial charge in [0.15, 0.2) is 18.3 Å². The van der Waals surface area contributed by atoms with Crippen LogP contribution >= 0.6 is 0 Å². The van der Waals surface area contributed by atoms with Gasteiger partial charge in [-0.25, -0.2) is 4.79 Å². The van der Waals surface area contributed by atoms with Crippen LogP contribution in [0.1, 0.15) is 48.0 Å². The molecule has 0 aromatic rings. The zero-order valence-electron chi connectivity index (χ0n) is 23.8. The predicted molar refractivity (Wildman–Crippen MR) is 131 cm³/mol. The minimum atomic E-state index is -1.71. The molecule has 0 aromatic carbocycles. The summed E-state index contributed by atoms with van der Waals surface area (Å²) in [5.41, 5.74) is -1.99. The Kier molecular flexibility index (Phi) is 10.2. The lowest BCUT2D eigenvalue weighted by molar-refractivity contribution is -0.348. The van der Waals surface area contributed by atoms with Crippen molar-refractivity contribution in [2.75, 3.05) is 6.61 Å². The Morgan fingerprint density at radius 3 is 1.90 bits per heavy atom. The molecule has 2 N–H and O–H groups in total. The highest BCUT2D eigenvalue weighted by molar-refractivity contribution is 5.87. The van der Waals surface area contributed by atoms with Gasteiger partial charge in [-0.05, 0) is 6.92 Å². The molecule has 3 aliphatic rings. The first-order chi connectivity index (χ1) is 19.5. The van der Waals surface area contributed by atoms with Crippen molar-refractivity contribution in [1.29, 1.82) is 0 Å². The van der Waals surface area contributed by atoms with Gasteiger partial charge >= 0.3 is 35.8 Å². The van der Waals surface area contributed by atoms with Crippen molar-refractivity contribution >= 4 is 35.8 Å². The van der Waals surface area contributed by atoms with Gasteiger partial charge in [-0.2, -0.15) is 0 Å². The van der Waals surface area contributed by atoms with Crippen LogP contribution in [0.4, 0.5) is 0 Å². The summed E-state index contributed by atoms with van der Waals surface area (Å²) < 4.78 is 44.0. The van der Waals surface area contributed by atoms with Crippen molar-refractivity contribution in [1.82, 2.24) is 0 Å². The molecular weight excluding hydrogens is 568 g/mol. The van der Waals surface area contributed by atoms with Crippen molar-refractivity contribution in [3.05, 3.63) is 11.8 Å². The summed E-state index contributed by atoms with van der Waals surface area (Å²) in [6.45, 7) is 6.30. The Morgan fingerprint density at radius 2 is 1.38 bits per heavy atom. The molecule has 234 valence electrons. The SMILES string of the molecule is CC(=O)OCC1OC(OC2OC=C(C(=O)O)C3C(OC(C)=O)CC(C)(O)C23)C(OC(C)=O)C(OC(C)=O)C1OC(C)=O. The number of carbonyl (C=O) groups is 6. The molecule has 1 saturated heterocycles. The third kappa shape index (κ3) is 7.54. The van der Waals surface area contributed by atoms with Crippen LogP contribution in [0.5, 0.6) is 0 Å². The highest BCUT2D eigenvalue weighted by Crippen LogP contribution is 2.51. The van der Waals surface area contributed by atoms with Crippen LogP contribution in [0.15, 0.2) is 11.8 Å². The molecule has 2 heterocycles. The van der Waals surface area contributed by atoms with Crippen LogP contribution < -0.4 is 0 Å². The fourth-order valence-electron chi connectivity index (χ4n) is 5.52. The van der Waals surface area contributed by atoms with Crippen LogP contribution in [-0.2, 0) is 66.7 Å². The van der Waals surface area contributed by atoms with Gasteiger partial charge in [-0.1, -0.05) is 0 Å². The van der Waals surface area contributed by atoms with Crippen LogP contribution in [0.25, 0.3) is 0 Å². The number of aliphatic carboxylic acids is 1. The van der Waals surface area contributed by atoms with Crippen LogP contribution in [0, 0.1) is 11.8 Å².